The lowest BCUT2D eigenvalue weighted by Crippen LogP contribution is -2.34. The molecule has 2 N–H and O–H groups in total. The van der Waals surface area contributed by atoms with Gasteiger partial charge in [0.25, 0.3) is 5.69 Å². The molecule has 1 aromatic carbocycles. The first-order valence-corrected chi connectivity index (χ1v) is 7.19. The van der Waals surface area contributed by atoms with Crippen molar-refractivity contribution in [1.82, 2.24) is 4.90 Å². The first-order valence-electron chi connectivity index (χ1n) is 7.19. The van der Waals surface area contributed by atoms with Crippen LogP contribution in [0.1, 0.15) is 18.9 Å². The van der Waals surface area contributed by atoms with E-state index in [1.54, 1.807) is 6.92 Å². The number of nitrogens with zero attached hydrogens (tertiary/aromatic N) is 2. The molecule has 10 heteroatoms. The molecule has 0 radical (unpaired) electrons. The van der Waals surface area contributed by atoms with Gasteiger partial charge in [-0.05, 0) is 25.5 Å². The summed E-state index contributed by atoms with van der Waals surface area (Å²) in [5, 5.41) is 22.5. The summed E-state index contributed by atoms with van der Waals surface area (Å²) in [6, 6.07) is 1.69. The van der Waals surface area contributed by atoms with E-state index in [9.17, 15) is 33.2 Å². The zero-order chi connectivity index (χ0) is 18.1. The summed E-state index contributed by atoms with van der Waals surface area (Å²) in [5.41, 5.74) is -2.68. The second kappa shape index (κ2) is 6.63. The van der Waals surface area contributed by atoms with E-state index in [1.165, 1.54) is 4.90 Å². The number of aliphatic hydroxyl groups is 1. The lowest BCUT2D eigenvalue weighted by Gasteiger charge is -2.19. The molecular formula is C14H16F3N3O4. The Kier molecular flexibility index (Phi) is 4.97. The minimum absolute atomic E-state index is 0.0849. The van der Waals surface area contributed by atoms with Crippen molar-refractivity contribution < 1.29 is 28.0 Å². The molecule has 0 aliphatic carbocycles. The van der Waals surface area contributed by atoms with E-state index in [4.69, 9.17) is 0 Å². The van der Waals surface area contributed by atoms with E-state index in [0.29, 0.717) is 31.6 Å². The highest BCUT2D eigenvalue weighted by molar-refractivity contribution is 5.89. The number of carbonyl (C=O) groups is 1. The van der Waals surface area contributed by atoms with Crippen LogP contribution in [0, 0.1) is 16.0 Å². The lowest BCUT2D eigenvalue weighted by molar-refractivity contribution is -0.388. The van der Waals surface area contributed by atoms with Crippen LogP contribution >= 0.6 is 0 Å². The number of nitrogens with one attached hydrogen (secondary N) is 1. The number of nitro benzene ring substituents is 1. The molecular weight excluding hydrogens is 331 g/mol. The molecule has 1 heterocycles. The normalized spacial score (nSPS) is 19.2. The Morgan fingerprint density at radius 1 is 1.50 bits per heavy atom. The van der Waals surface area contributed by atoms with Gasteiger partial charge >= 0.3 is 12.2 Å². The SMILES string of the molecule is C[C@H](O)[C@@H]1CCN(C(=O)Nc2ccc([N+](=O)[O-])c(C(F)(F)F)c2)C1. The number of urea groups is 1. The van der Waals surface area contributed by atoms with E-state index >= 15 is 0 Å². The number of hydrogen-bond donors (Lipinski definition) is 2. The number of rotatable bonds is 3. The van der Waals surface area contributed by atoms with Gasteiger partial charge in [-0.1, -0.05) is 0 Å². The number of carbonyl (C=O) groups excluding carboxylic acids is 1. The highest BCUT2D eigenvalue weighted by Crippen LogP contribution is 2.37. The zero-order valence-electron chi connectivity index (χ0n) is 12.7. The third-order valence-corrected chi connectivity index (χ3v) is 3.94. The average Bonchev–Trinajstić information content (AvgIpc) is 2.96. The number of halogens is 3. The average molecular weight is 347 g/mol. The van der Waals surface area contributed by atoms with Crippen LogP contribution in [0.4, 0.5) is 29.3 Å². The van der Waals surface area contributed by atoms with Crippen LogP contribution in [0.15, 0.2) is 18.2 Å². The van der Waals surface area contributed by atoms with E-state index in [-0.39, 0.29) is 11.6 Å². The van der Waals surface area contributed by atoms with Crippen molar-refractivity contribution in [3.8, 4) is 0 Å². The highest BCUT2D eigenvalue weighted by atomic mass is 19.4. The number of nitro groups is 1. The van der Waals surface area contributed by atoms with Crippen molar-refractivity contribution in [3.63, 3.8) is 0 Å². The van der Waals surface area contributed by atoms with Crippen molar-refractivity contribution in [1.29, 1.82) is 0 Å². The number of amides is 2. The molecule has 24 heavy (non-hydrogen) atoms. The molecule has 1 saturated heterocycles. The van der Waals surface area contributed by atoms with E-state index in [2.05, 4.69) is 5.32 Å². The number of likely N-dealkylation sites (tertiary alicyclic amines) is 1. The molecule has 0 aromatic heterocycles. The Labute approximate surface area is 135 Å². The van der Waals surface area contributed by atoms with Gasteiger partial charge in [-0.25, -0.2) is 4.79 Å². The molecule has 1 aliphatic rings. The second-order valence-electron chi connectivity index (χ2n) is 5.65. The fraction of sp³-hybridized carbons (Fsp3) is 0.500. The zero-order valence-corrected chi connectivity index (χ0v) is 12.7. The van der Waals surface area contributed by atoms with Gasteiger partial charge < -0.3 is 15.3 Å². The maximum atomic E-state index is 12.9. The Morgan fingerprint density at radius 2 is 2.17 bits per heavy atom. The molecule has 0 bridgehead atoms. The third kappa shape index (κ3) is 3.94. The molecule has 7 nitrogen and oxygen atoms in total. The summed E-state index contributed by atoms with van der Waals surface area (Å²) < 4.78 is 38.7. The first-order chi connectivity index (χ1) is 11.1. The number of alkyl halides is 3. The summed E-state index contributed by atoms with van der Waals surface area (Å²) in [4.78, 5) is 23.0. The van der Waals surface area contributed by atoms with Crippen molar-refractivity contribution in [2.75, 3.05) is 18.4 Å². The minimum Gasteiger partial charge on any atom is -0.393 e. The number of hydrogen-bond acceptors (Lipinski definition) is 4. The van der Waals surface area contributed by atoms with Gasteiger partial charge in [0.1, 0.15) is 5.56 Å². The molecule has 132 valence electrons. The Balaban J connectivity index is 2.16. The van der Waals surface area contributed by atoms with Crippen LogP contribution < -0.4 is 5.32 Å². The maximum Gasteiger partial charge on any atom is 0.423 e. The molecule has 1 aliphatic heterocycles. The molecule has 1 fully saturated rings. The molecule has 2 rings (SSSR count). The molecule has 2 atom stereocenters. The predicted octanol–water partition coefficient (Wildman–Crippen LogP) is 2.85. The van der Waals surface area contributed by atoms with E-state index < -0.39 is 34.5 Å². The summed E-state index contributed by atoms with van der Waals surface area (Å²) in [5.74, 6) is -0.0849. The Bertz CT molecular complexity index is 649. The third-order valence-electron chi connectivity index (χ3n) is 3.94. The molecule has 0 spiro atoms. The number of benzene rings is 1. The van der Waals surface area contributed by atoms with Crippen LogP contribution in [-0.4, -0.2) is 40.2 Å². The molecule has 0 saturated carbocycles. The minimum atomic E-state index is -4.91. The molecule has 2 amide bonds. The largest absolute Gasteiger partial charge is 0.423 e. The fourth-order valence-corrected chi connectivity index (χ4v) is 2.57. The van der Waals surface area contributed by atoms with Gasteiger partial charge in [0.15, 0.2) is 0 Å². The van der Waals surface area contributed by atoms with E-state index in [0.717, 1.165) is 6.07 Å². The molecule has 1 aromatic rings. The van der Waals surface area contributed by atoms with E-state index in [1.807, 2.05) is 0 Å². The van der Waals surface area contributed by atoms with Gasteiger partial charge in [0.2, 0.25) is 0 Å². The van der Waals surface area contributed by atoms with Gasteiger partial charge in [-0.15, -0.1) is 0 Å². The summed E-state index contributed by atoms with van der Waals surface area (Å²) in [6.07, 6.45) is -4.90. The van der Waals surface area contributed by atoms with Crippen LogP contribution in [0.25, 0.3) is 0 Å². The van der Waals surface area contributed by atoms with Gasteiger partial charge in [0.05, 0.1) is 11.0 Å². The Morgan fingerprint density at radius 3 is 2.67 bits per heavy atom. The van der Waals surface area contributed by atoms with Crippen LogP contribution in [0.2, 0.25) is 0 Å². The smallest absolute Gasteiger partial charge is 0.393 e. The van der Waals surface area contributed by atoms with Crippen LogP contribution in [0.5, 0.6) is 0 Å². The number of anilines is 1. The monoisotopic (exact) mass is 347 g/mol. The Hall–Kier alpha value is -2.36. The van der Waals surface area contributed by atoms with Gasteiger partial charge in [-0.3, -0.25) is 10.1 Å². The van der Waals surface area contributed by atoms with Crippen molar-refractivity contribution >= 4 is 17.4 Å². The maximum absolute atomic E-state index is 12.9. The summed E-state index contributed by atoms with van der Waals surface area (Å²) in [6.45, 7) is 2.28. The highest BCUT2D eigenvalue weighted by Gasteiger charge is 2.38. The number of aliphatic hydroxyl groups excluding tert-OH is 1. The topological polar surface area (TPSA) is 95.7 Å². The lowest BCUT2D eigenvalue weighted by atomic mass is 10.0. The quantitative estimate of drug-likeness (QED) is 0.649. The fourth-order valence-electron chi connectivity index (χ4n) is 2.57. The summed E-state index contributed by atoms with van der Waals surface area (Å²) >= 11 is 0. The van der Waals surface area contributed by atoms with Gasteiger partial charge in [-0.2, -0.15) is 13.2 Å². The first kappa shape index (κ1) is 18.0. The van der Waals surface area contributed by atoms with Crippen LogP contribution in [0.3, 0.4) is 0 Å². The van der Waals surface area contributed by atoms with Crippen molar-refractivity contribution in [2.24, 2.45) is 5.92 Å². The van der Waals surface area contributed by atoms with Crippen molar-refractivity contribution in [2.45, 2.75) is 25.6 Å². The van der Waals surface area contributed by atoms with Crippen molar-refractivity contribution in [3.05, 3.63) is 33.9 Å². The molecule has 0 unspecified atom stereocenters. The standard InChI is InChI=1S/C14H16F3N3O4/c1-8(21)9-4-5-19(7-9)13(22)18-10-2-3-12(20(23)24)11(6-10)14(15,16)17/h2-3,6,8-9,21H,4-5,7H2,1H3,(H,18,22)/t8-,9+/m0/s1. The second-order valence-corrected chi connectivity index (χ2v) is 5.65. The van der Waals surface area contributed by atoms with Gasteiger partial charge in [0, 0.05) is 30.8 Å². The summed E-state index contributed by atoms with van der Waals surface area (Å²) in [7, 11) is 0. The van der Waals surface area contributed by atoms with Crippen LogP contribution in [-0.2, 0) is 6.18 Å². The predicted molar refractivity (Wildman–Crippen MR) is 78.5 cm³/mol.